The summed E-state index contributed by atoms with van der Waals surface area (Å²) in [5.74, 6) is 0.410. The molecule has 3 rings (SSSR count). The molecule has 0 unspecified atom stereocenters. The predicted molar refractivity (Wildman–Crippen MR) is 93.5 cm³/mol. The topological polar surface area (TPSA) is 56.1 Å². The van der Waals surface area contributed by atoms with Gasteiger partial charge >= 0.3 is 0 Å². The molecule has 0 fully saturated rings. The van der Waals surface area contributed by atoms with Gasteiger partial charge in [0.05, 0.1) is 18.2 Å². The van der Waals surface area contributed by atoms with Gasteiger partial charge in [-0.1, -0.05) is 32.0 Å². The Morgan fingerprint density at radius 1 is 1.42 bits per heavy atom. The smallest absolute Gasteiger partial charge is 0.272 e. The van der Waals surface area contributed by atoms with Crippen molar-refractivity contribution in [3.63, 3.8) is 0 Å². The van der Waals surface area contributed by atoms with Gasteiger partial charge in [-0.3, -0.25) is 9.48 Å². The molecule has 1 atom stereocenters. The average molecular weight is 363 g/mol. The molecular weight excluding hydrogens is 340 g/mol. The second-order valence-corrected chi connectivity index (χ2v) is 7.01. The van der Waals surface area contributed by atoms with Crippen molar-refractivity contribution < 1.29 is 18.3 Å². The van der Waals surface area contributed by atoms with Gasteiger partial charge in [0.2, 0.25) is 0 Å². The number of hydrogen-bond acceptors (Lipinski definition) is 3. The van der Waals surface area contributed by atoms with E-state index in [1.807, 2.05) is 39.0 Å². The fourth-order valence-electron chi connectivity index (χ4n) is 3.20. The van der Waals surface area contributed by atoms with Crippen LogP contribution in [0.15, 0.2) is 24.4 Å². The largest absolute Gasteiger partial charge is 0.493 e. The van der Waals surface area contributed by atoms with Crippen molar-refractivity contribution in [2.24, 2.45) is 5.92 Å². The van der Waals surface area contributed by atoms with Crippen LogP contribution in [0.25, 0.3) is 0 Å². The summed E-state index contributed by atoms with van der Waals surface area (Å²) in [5.41, 5.74) is 1.31. The van der Waals surface area contributed by atoms with Gasteiger partial charge in [0.1, 0.15) is 5.75 Å². The maximum atomic E-state index is 13.4. The van der Waals surface area contributed by atoms with Crippen LogP contribution >= 0.6 is 0 Å². The summed E-state index contributed by atoms with van der Waals surface area (Å²) in [6.45, 7) is 6.81. The number of aromatic nitrogens is 2. The minimum Gasteiger partial charge on any atom is -0.493 e. The molecule has 0 bridgehead atoms. The highest BCUT2D eigenvalue weighted by Crippen LogP contribution is 2.35. The number of fused-ring (bicyclic) bond motifs is 1. The molecule has 0 aliphatic carbocycles. The summed E-state index contributed by atoms with van der Waals surface area (Å²) >= 11 is 0. The van der Waals surface area contributed by atoms with Crippen LogP contribution < -0.4 is 10.1 Å². The van der Waals surface area contributed by atoms with Gasteiger partial charge < -0.3 is 10.1 Å². The van der Waals surface area contributed by atoms with Gasteiger partial charge in [-0.05, 0) is 18.4 Å². The monoisotopic (exact) mass is 363 g/mol. The van der Waals surface area contributed by atoms with Crippen LogP contribution in [0.5, 0.6) is 5.75 Å². The number of hydrogen-bond donors (Lipinski definition) is 1. The summed E-state index contributed by atoms with van der Waals surface area (Å²) < 4.78 is 33.8. The zero-order chi connectivity index (χ0) is 18.8. The van der Waals surface area contributed by atoms with Crippen LogP contribution in [0.1, 0.15) is 59.9 Å². The van der Waals surface area contributed by atoms with Crippen LogP contribution in [0, 0.1) is 12.8 Å². The Morgan fingerprint density at radius 2 is 2.19 bits per heavy atom. The molecule has 1 aliphatic heterocycles. The van der Waals surface area contributed by atoms with Crippen LogP contribution in [-0.4, -0.2) is 22.3 Å². The fourth-order valence-corrected chi connectivity index (χ4v) is 3.20. The van der Waals surface area contributed by atoms with Crippen LogP contribution in [0.3, 0.4) is 0 Å². The average Bonchev–Trinajstić information content (AvgIpc) is 2.99. The number of carbonyl (C=O) groups is 1. The number of aryl methyl sites for hydroxylation is 1. The third-order valence-electron chi connectivity index (χ3n) is 4.37. The molecule has 2 aromatic rings. The van der Waals surface area contributed by atoms with E-state index < -0.39 is 12.3 Å². The second kappa shape index (κ2) is 7.43. The number of ether oxygens (including phenoxy) is 1. The summed E-state index contributed by atoms with van der Waals surface area (Å²) in [7, 11) is 0. The van der Waals surface area contributed by atoms with Gasteiger partial charge in [-0.15, -0.1) is 0 Å². The minimum absolute atomic E-state index is 0.207. The quantitative estimate of drug-likeness (QED) is 0.872. The maximum Gasteiger partial charge on any atom is 0.272 e. The number of halogens is 2. The molecular formula is C19H23F2N3O2. The summed E-state index contributed by atoms with van der Waals surface area (Å²) in [5, 5.41) is 6.96. The Hall–Kier alpha value is -2.44. The first kappa shape index (κ1) is 18.4. The Balaban J connectivity index is 1.85. The molecule has 0 saturated heterocycles. The molecule has 0 saturated carbocycles. The van der Waals surface area contributed by atoms with Gasteiger partial charge in [-0.2, -0.15) is 5.10 Å². The number of carbonyl (C=O) groups excluding carboxylic acids is 1. The van der Waals surface area contributed by atoms with Crippen molar-refractivity contribution in [1.29, 1.82) is 0 Å². The lowest BCUT2D eigenvalue weighted by molar-refractivity contribution is 0.0905. The molecule has 1 amide bonds. The lowest BCUT2D eigenvalue weighted by Crippen LogP contribution is -2.33. The van der Waals surface area contributed by atoms with Gasteiger partial charge in [0, 0.05) is 24.7 Å². The number of amides is 1. The standard InChI is InChI=1S/C19H23F2N3O2/c1-11(2)9-24-10-14(18(20)21)16(23-24)19(25)22-15-7-8-26-17-12(3)5-4-6-13(15)17/h4-6,10-11,15,18H,7-9H2,1-3H3,(H,22,25)/t15-/m1/s1. The van der Waals surface area contributed by atoms with Crippen LogP contribution in [0.2, 0.25) is 0 Å². The zero-order valence-electron chi connectivity index (χ0n) is 15.1. The van der Waals surface area contributed by atoms with Gasteiger partial charge in [0.15, 0.2) is 5.69 Å². The predicted octanol–water partition coefficient (Wildman–Crippen LogP) is 4.04. The van der Waals surface area contributed by atoms with Gasteiger partial charge in [-0.25, -0.2) is 8.78 Å². The number of alkyl halides is 2. The molecule has 1 aromatic heterocycles. The number of nitrogens with one attached hydrogen (secondary N) is 1. The first-order valence-electron chi connectivity index (χ1n) is 8.75. The van der Waals surface area contributed by atoms with E-state index in [1.165, 1.54) is 10.9 Å². The molecule has 1 aromatic carbocycles. The summed E-state index contributed by atoms with van der Waals surface area (Å²) in [6, 6.07) is 5.43. The van der Waals surface area contributed by atoms with Crippen LogP contribution in [0.4, 0.5) is 8.78 Å². The number of rotatable bonds is 5. The second-order valence-electron chi connectivity index (χ2n) is 7.01. The minimum atomic E-state index is -2.75. The van der Waals surface area contributed by atoms with E-state index in [2.05, 4.69) is 10.4 Å². The van der Waals surface area contributed by atoms with Crippen LogP contribution in [-0.2, 0) is 6.54 Å². The summed E-state index contributed by atoms with van der Waals surface area (Å²) in [4.78, 5) is 12.7. The molecule has 0 radical (unpaired) electrons. The van der Waals surface area contributed by atoms with E-state index in [9.17, 15) is 13.6 Å². The first-order valence-corrected chi connectivity index (χ1v) is 8.75. The molecule has 0 spiro atoms. The van der Waals surface area contributed by atoms with Crippen molar-refractivity contribution in [1.82, 2.24) is 15.1 Å². The van der Waals surface area contributed by atoms with E-state index in [0.29, 0.717) is 19.6 Å². The highest BCUT2D eigenvalue weighted by atomic mass is 19.3. The number of nitrogens with zero attached hydrogens (tertiary/aromatic N) is 2. The molecule has 5 nitrogen and oxygen atoms in total. The highest BCUT2D eigenvalue weighted by molar-refractivity contribution is 5.94. The number of benzene rings is 1. The van der Waals surface area contributed by atoms with E-state index in [-0.39, 0.29) is 23.2 Å². The molecule has 140 valence electrons. The third-order valence-corrected chi connectivity index (χ3v) is 4.37. The molecule has 7 heteroatoms. The maximum absolute atomic E-state index is 13.4. The lowest BCUT2D eigenvalue weighted by atomic mass is 9.98. The normalized spacial score (nSPS) is 16.5. The summed E-state index contributed by atoms with van der Waals surface area (Å²) in [6.07, 6.45) is -0.901. The Labute approximate surface area is 151 Å². The molecule has 2 heterocycles. The van der Waals surface area contributed by atoms with Gasteiger partial charge in [0.25, 0.3) is 12.3 Å². The van der Waals surface area contributed by atoms with Crippen molar-refractivity contribution in [2.75, 3.05) is 6.61 Å². The highest BCUT2D eigenvalue weighted by Gasteiger charge is 2.28. The molecule has 1 N–H and O–H groups in total. The SMILES string of the molecule is Cc1cccc2c1OCC[C@H]2NC(=O)c1nn(CC(C)C)cc1C(F)F. The van der Waals surface area contributed by atoms with E-state index in [4.69, 9.17) is 4.74 Å². The zero-order valence-corrected chi connectivity index (χ0v) is 15.1. The Bertz CT molecular complexity index is 802. The van der Waals surface area contributed by atoms with Crippen molar-refractivity contribution in [3.05, 3.63) is 46.8 Å². The third kappa shape index (κ3) is 3.71. The molecule has 1 aliphatic rings. The first-order chi connectivity index (χ1) is 12.4. The Morgan fingerprint density at radius 3 is 2.88 bits per heavy atom. The lowest BCUT2D eigenvalue weighted by Gasteiger charge is -2.27. The Kier molecular flexibility index (Phi) is 5.25. The van der Waals surface area contributed by atoms with Crippen molar-refractivity contribution in [2.45, 2.75) is 46.2 Å². The van der Waals surface area contributed by atoms with E-state index >= 15 is 0 Å². The fraction of sp³-hybridized carbons (Fsp3) is 0.474. The van der Waals surface area contributed by atoms with E-state index in [1.54, 1.807) is 0 Å². The number of para-hydroxylation sites is 1. The van der Waals surface area contributed by atoms with Crippen molar-refractivity contribution >= 4 is 5.91 Å². The molecule has 26 heavy (non-hydrogen) atoms. The van der Waals surface area contributed by atoms with E-state index in [0.717, 1.165) is 16.9 Å². The van der Waals surface area contributed by atoms with Crippen molar-refractivity contribution in [3.8, 4) is 5.75 Å².